The van der Waals surface area contributed by atoms with Crippen molar-refractivity contribution in [1.82, 2.24) is 0 Å². The Kier molecular flexibility index (Phi) is 30.2. The molecule has 19 heteroatoms. The number of nitrogens with zero attached hydrogens (tertiary/aromatic N) is 3. The van der Waals surface area contributed by atoms with Crippen molar-refractivity contribution < 1.29 is 28.5 Å². The van der Waals surface area contributed by atoms with E-state index in [1.807, 2.05) is 0 Å². The molecule has 43 heavy (non-hydrogen) atoms. The van der Waals surface area contributed by atoms with E-state index < -0.39 is 35.2 Å². The smallest absolute Gasteiger partial charge is 0.257 e. The Hall–Kier alpha value is 3.30. The van der Waals surface area contributed by atoms with Gasteiger partial charge in [-0.25, -0.2) is 0 Å². The Bertz CT molecular complexity index is 574. The van der Waals surface area contributed by atoms with Crippen LogP contribution in [0.15, 0.2) is 0 Å². The average Bonchev–Trinajstić information content (AvgIpc) is 2.91. The van der Waals surface area contributed by atoms with Gasteiger partial charge in [0.25, 0.3) is 11.4 Å². The number of rotatable bonds is 12. The molecule has 0 aromatic rings. The Morgan fingerprint density at radius 3 is 0.512 bits per heavy atom. The highest BCUT2D eigenvalue weighted by molar-refractivity contribution is 6.71. The van der Waals surface area contributed by atoms with Crippen LogP contribution in [0.3, 0.4) is 0 Å². The average molecular weight is 863 g/mol. The molecule has 3 atom stereocenters. The van der Waals surface area contributed by atoms with Crippen molar-refractivity contribution in [2.75, 3.05) is 58.9 Å². The Labute approximate surface area is 321 Å². The first-order chi connectivity index (χ1) is 19.2. The van der Waals surface area contributed by atoms with Gasteiger partial charge in [0.15, 0.2) is 0 Å². The van der Waals surface area contributed by atoms with E-state index in [2.05, 4.69) is 62.3 Å². The third kappa shape index (κ3) is 19.3. The summed E-state index contributed by atoms with van der Waals surface area (Å²) in [5.74, 6) is 0. The quantitative estimate of drug-likeness (QED) is 0.0888. The minimum Gasteiger partial charge on any atom is -0.907 e. The third-order valence-electron chi connectivity index (χ3n) is 7.92. The number of halogens is 12. The maximum Gasteiger partial charge on any atom is 0.257 e. The van der Waals surface area contributed by atoms with Crippen molar-refractivity contribution in [3.8, 4) is 0 Å². The van der Waals surface area contributed by atoms with Gasteiger partial charge in [-0.2, -0.15) is 0 Å². The highest BCUT2D eigenvalue weighted by Crippen LogP contribution is 2.41. The molecule has 0 N–H and O–H groups in total. The molecule has 0 aromatic carbocycles. The second-order valence-electron chi connectivity index (χ2n) is 9.42. The molecule has 0 aliphatic carbocycles. The van der Waals surface area contributed by atoms with Gasteiger partial charge in [-0.05, 0) is 62.3 Å². The Morgan fingerprint density at radius 1 is 0.395 bits per heavy atom. The molecule has 0 heterocycles. The summed E-state index contributed by atoms with van der Waals surface area (Å²) < 4.78 is -2.33. The highest BCUT2D eigenvalue weighted by Gasteiger charge is 2.47. The molecule has 6 nitrogen and oxygen atoms in total. The molecular weight excluding hydrogens is 815 g/mol. The van der Waals surface area contributed by atoms with Gasteiger partial charge in [0.05, 0.1) is 58.9 Å². The van der Waals surface area contributed by atoms with E-state index in [0.717, 1.165) is 58.9 Å². The molecular formula is C24H48BCl12N3O3. The molecule has 0 rings (SSSR count). The van der Waals surface area contributed by atoms with Gasteiger partial charge in [0, 0.05) is 0 Å². The van der Waals surface area contributed by atoms with E-state index >= 15 is 0 Å². The van der Waals surface area contributed by atoms with Gasteiger partial charge >= 0.3 is 0 Å². The van der Waals surface area contributed by atoms with Crippen LogP contribution < -0.4 is 15.1 Å². The highest BCUT2D eigenvalue weighted by atomic mass is 35.6. The minimum absolute atomic E-state index is 0.488. The van der Waals surface area contributed by atoms with E-state index in [-0.39, 0.29) is 0 Å². The van der Waals surface area contributed by atoms with E-state index in [4.69, 9.17) is 154 Å². The van der Waals surface area contributed by atoms with E-state index in [0.29, 0.717) is 13.4 Å². The van der Waals surface area contributed by atoms with Crippen molar-refractivity contribution in [2.45, 2.75) is 90.2 Å². The van der Waals surface area contributed by atoms with Crippen LogP contribution in [0.2, 0.25) is 0 Å². The second-order valence-corrected chi connectivity index (χ2v) is 17.8. The zero-order chi connectivity index (χ0) is 35.7. The van der Waals surface area contributed by atoms with Crippen LogP contribution in [-0.4, -0.2) is 108 Å². The summed E-state index contributed by atoms with van der Waals surface area (Å²) in [5.41, 5.74) is -1.47. The normalized spacial score (nSPS) is 15.1. The monoisotopic (exact) mass is 857 g/mol. The summed E-state index contributed by atoms with van der Waals surface area (Å²) in [6.45, 7) is 26.3. The topological polar surface area (TPSA) is 69.2 Å². The van der Waals surface area contributed by atoms with Crippen LogP contribution >= 0.6 is 139 Å². The van der Waals surface area contributed by atoms with Gasteiger partial charge < -0.3 is 28.5 Å². The number of quaternary nitrogens is 3. The SMILES string of the molecule is CC[N+](CC)(CC)C(Cl)C(Cl)(Cl)Cl.CC[N+](CC)(CC)C(Cl)C(Cl)(Cl)Cl.CC[N+](CC)(CC)C(Cl)C(Cl)(Cl)Cl.[O-]B([O-])[O-]. The van der Waals surface area contributed by atoms with Crippen LogP contribution in [-0.2, 0) is 0 Å². The lowest BCUT2D eigenvalue weighted by Crippen LogP contribution is -2.57. The van der Waals surface area contributed by atoms with Gasteiger partial charge in [-0.1, -0.05) is 139 Å². The Morgan fingerprint density at radius 2 is 0.488 bits per heavy atom. The first kappa shape index (κ1) is 53.1. The third-order valence-corrected chi connectivity index (χ3v) is 13.0. The van der Waals surface area contributed by atoms with Crippen LogP contribution in [0.25, 0.3) is 0 Å². The van der Waals surface area contributed by atoms with Crippen molar-refractivity contribution in [3.05, 3.63) is 0 Å². The van der Waals surface area contributed by atoms with Crippen molar-refractivity contribution >= 4 is 147 Å². The summed E-state index contributed by atoms with van der Waals surface area (Å²) >= 11 is 70.6. The molecule has 0 spiro atoms. The van der Waals surface area contributed by atoms with Gasteiger partial charge in [-0.3, -0.25) is 7.32 Å². The van der Waals surface area contributed by atoms with Crippen molar-refractivity contribution in [2.24, 2.45) is 0 Å². The zero-order valence-corrected chi connectivity index (χ0v) is 35.3. The largest absolute Gasteiger partial charge is 0.907 e. The van der Waals surface area contributed by atoms with Crippen LogP contribution in [0.5, 0.6) is 0 Å². The zero-order valence-electron chi connectivity index (χ0n) is 26.3. The first-order valence-corrected chi connectivity index (χ1v) is 18.6. The fourth-order valence-electron chi connectivity index (χ4n) is 4.39. The minimum atomic E-state index is -2.92. The molecule has 0 amide bonds. The molecule has 0 aliphatic heterocycles. The lowest BCUT2D eigenvalue weighted by molar-refractivity contribution is -0.934. The standard InChI is InChI=1S/3C8H16Cl4N.BO3/c3*1-4-13(5-2,6-3)7(9)8(10,11)12;2-1(3)4/h3*7H,4-6H2,1-3H3;/q3*+1;-3. The molecule has 3 unspecified atom stereocenters. The fraction of sp³-hybridized carbons (Fsp3) is 1.00. The first-order valence-electron chi connectivity index (χ1n) is 13.9. The summed E-state index contributed by atoms with van der Waals surface area (Å²) in [4.78, 5) is 0. The molecule has 0 aromatic heterocycles. The molecule has 0 saturated carbocycles. The molecule has 0 radical (unpaired) electrons. The maximum absolute atomic E-state index is 8.42. The van der Waals surface area contributed by atoms with Gasteiger partial charge in [-0.15, -0.1) is 0 Å². The molecule has 0 saturated heterocycles. The van der Waals surface area contributed by atoms with Gasteiger partial charge in [0.1, 0.15) is 0 Å². The maximum atomic E-state index is 8.42. The molecule has 264 valence electrons. The fourth-order valence-corrected chi connectivity index (χ4v) is 7.49. The van der Waals surface area contributed by atoms with Crippen molar-refractivity contribution in [3.63, 3.8) is 0 Å². The van der Waals surface area contributed by atoms with E-state index in [1.54, 1.807) is 0 Å². The number of alkyl halides is 12. The predicted molar refractivity (Wildman–Crippen MR) is 191 cm³/mol. The van der Waals surface area contributed by atoms with E-state index in [1.165, 1.54) is 0 Å². The van der Waals surface area contributed by atoms with Crippen LogP contribution in [0.4, 0.5) is 0 Å². The van der Waals surface area contributed by atoms with Crippen molar-refractivity contribution in [1.29, 1.82) is 0 Å². The Balaban J connectivity index is -0.000000249. The molecule has 0 aliphatic rings. The van der Waals surface area contributed by atoms with E-state index in [9.17, 15) is 0 Å². The number of hydrogen-bond donors (Lipinski definition) is 0. The predicted octanol–water partition coefficient (Wildman–Crippen LogP) is 7.45. The summed E-state index contributed by atoms with van der Waals surface area (Å²) in [5, 5.41) is 25.2. The van der Waals surface area contributed by atoms with Crippen LogP contribution in [0.1, 0.15) is 62.3 Å². The van der Waals surface area contributed by atoms with Gasteiger partial charge in [0.2, 0.25) is 16.5 Å². The summed E-state index contributed by atoms with van der Waals surface area (Å²) in [6.07, 6.45) is 0. The lowest BCUT2D eigenvalue weighted by Gasteiger charge is -2.42. The summed E-state index contributed by atoms with van der Waals surface area (Å²) in [7, 11) is -2.92. The number of hydrogen-bond acceptors (Lipinski definition) is 3. The second kappa shape index (κ2) is 24.5. The summed E-state index contributed by atoms with van der Waals surface area (Å²) in [6, 6.07) is 0. The van der Waals surface area contributed by atoms with Crippen LogP contribution in [0, 0.1) is 0 Å². The molecule has 0 bridgehead atoms. The lowest BCUT2D eigenvalue weighted by atomic mass is 10.3. The molecule has 0 fully saturated rings.